The Morgan fingerprint density at radius 2 is 1.92 bits per heavy atom. The molecule has 1 atom stereocenters. The van der Waals surface area contributed by atoms with Gasteiger partial charge in [0, 0.05) is 18.7 Å². The predicted molar refractivity (Wildman–Crippen MR) is 102 cm³/mol. The second-order valence-electron chi connectivity index (χ2n) is 6.12. The molecule has 0 fully saturated rings. The van der Waals surface area contributed by atoms with Crippen molar-refractivity contribution >= 4 is 11.6 Å². The SMILES string of the molecule is CCNC(=NCc1cccc([N+](=O)[O-])c1)NCC(C)(O)c1ccccc1. The molecule has 0 spiro atoms. The van der Waals surface area contributed by atoms with E-state index in [-0.39, 0.29) is 12.2 Å². The first-order chi connectivity index (χ1) is 12.4. The molecular weight excluding hydrogens is 332 g/mol. The predicted octanol–water partition coefficient (Wildman–Crippen LogP) is 2.56. The van der Waals surface area contributed by atoms with E-state index < -0.39 is 10.5 Å². The Balaban J connectivity index is 2.05. The smallest absolute Gasteiger partial charge is 0.269 e. The number of nitro groups is 1. The summed E-state index contributed by atoms with van der Waals surface area (Å²) in [4.78, 5) is 14.9. The Kier molecular flexibility index (Phi) is 6.68. The number of hydrogen-bond acceptors (Lipinski definition) is 4. The third-order valence-corrected chi connectivity index (χ3v) is 3.88. The van der Waals surface area contributed by atoms with Gasteiger partial charge in [0.15, 0.2) is 5.96 Å². The molecule has 2 aromatic rings. The van der Waals surface area contributed by atoms with Crippen molar-refractivity contribution in [1.29, 1.82) is 0 Å². The largest absolute Gasteiger partial charge is 0.384 e. The highest BCUT2D eigenvalue weighted by Crippen LogP contribution is 2.19. The van der Waals surface area contributed by atoms with Crippen molar-refractivity contribution in [3.63, 3.8) is 0 Å². The number of benzene rings is 2. The van der Waals surface area contributed by atoms with E-state index in [0.29, 0.717) is 19.0 Å². The van der Waals surface area contributed by atoms with Gasteiger partial charge in [0.25, 0.3) is 5.69 Å². The molecule has 1 unspecified atom stereocenters. The maximum atomic E-state index is 10.9. The summed E-state index contributed by atoms with van der Waals surface area (Å²) in [5.74, 6) is 0.537. The molecule has 0 radical (unpaired) electrons. The van der Waals surface area contributed by atoms with E-state index >= 15 is 0 Å². The molecule has 0 aromatic heterocycles. The molecule has 3 N–H and O–H groups in total. The minimum absolute atomic E-state index is 0.0441. The van der Waals surface area contributed by atoms with Gasteiger partial charge in [-0.25, -0.2) is 4.99 Å². The van der Waals surface area contributed by atoms with Crippen LogP contribution in [0.25, 0.3) is 0 Å². The molecule has 0 aliphatic rings. The average molecular weight is 356 g/mol. The van der Waals surface area contributed by atoms with Crippen molar-refractivity contribution in [3.05, 3.63) is 75.8 Å². The molecule has 0 saturated heterocycles. The lowest BCUT2D eigenvalue weighted by atomic mass is 9.96. The van der Waals surface area contributed by atoms with Gasteiger partial charge in [-0.05, 0) is 25.0 Å². The van der Waals surface area contributed by atoms with Crippen LogP contribution in [-0.2, 0) is 12.1 Å². The number of nitro benzene ring substituents is 1. The Hall–Kier alpha value is -2.93. The Morgan fingerprint density at radius 1 is 1.19 bits per heavy atom. The van der Waals surface area contributed by atoms with Crippen LogP contribution < -0.4 is 10.6 Å². The molecule has 7 nitrogen and oxygen atoms in total. The third-order valence-electron chi connectivity index (χ3n) is 3.88. The van der Waals surface area contributed by atoms with Crippen LogP contribution in [0.4, 0.5) is 5.69 Å². The molecule has 0 aliphatic heterocycles. The minimum Gasteiger partial charge on any atom is -0.384 e. The number of nitrogens with zero attached hydrogens (tertiary/aromatic N) is 2. The van der Waals surface area contributed by atoms with Gasteiger partial charge in [-0.2, -0.15) is 0 Å². The number of rotatable bonds is 7. The fraction of sp³-hybridized carbons (Fsp3) is 0.316. The highest BCUT2D eigenvalue weighted by atomic mass is 16.6. The fourth-order valence-corrected chi connectivity index (χ4v) is 2.44. The van der Waals surface area contributed by atoms with Crippen LogP contribution in [0.2, 0.25) is 0 Å². The summed E-state index contributed by atoms with van der Waals surface area (Å²) < 4.78 is 0. The van der Waals surface area contributed by atoms with E-state index in [1.807, 2.05) is 37.3 Å². The van der Waals surface area contributed by atoms with Gasteiger partial charge in [-0.3, -0.25) is 10.1 Å². The second-order valence-corrected chi connectivity index (χ2v) is 6.12. The summed E-state index contributed by atoms with van der Waals surface area (Å²) in [6.07, 6.45) is 0. The molecule has 0 bridgehead atoms. The molecule has 7 heteroatoms. The zero-order valence-electron chi connectivity index (χ0n) is 15.0. The van der Waals surface area contributed by atoms with E-state index in [9.17, 15) is 15.2 Å². The molecule has 0 saturated carbocycles. The Morgan fingerprint density at radius 3 is 2.58 bits per heavy atom. The third kappa shape index (κ3) is 5.56. The van der Waals surface area contributed by atoms with E-state index in [4.69, 9.17) is 0 Å². The molecule has 2 rings (SSSR count). The van der Waals surface area contributed by atoms with E-state index in [2.05, 4.69) is 15.6 Å². The van der Waals surface area contributed by atoms with Crippen molar-refractivity contribution < 1.29 is 10.0 Å². The highest BCUT2D eigenvalue weighted by Gasteiger charge is 2.22. The minimum atomic E-state index is -1.05. The van der Waals surface area contributed by atoms with Crippen LogP contribution in [0.1, 0.15) is 25.0 Å². The molecule has 26 heavy (non-hydrogen) atoms. The van der Waals surface area contributed by atoms with Gasteiger partial charge in [-0.1, -0.05) is 42.5 Å². The van der Waals surface area contributed by atoms with Gasteiger partial charge in [0.1, 0.15) is 5.60 Å². The molecule has 0 amide bonds. The van der Waals surface area contributed by atoms with Crippen molar-refractivity contribution in [2.45, 2.75) is 26.0 Å². The summed E-state index contributed by atoms with van der Waals surface area (Å²) in [5.41, 5.74) is 0.541. The van der Waals surface area contributed by atoms with Crippen molar-refractivity contribution in [1.82, 2.24) is 10.6 Å². The van der Waals surface area contributed by atoms with Crippen LogP contribution in [0.3, 0.4) is 0 Å². The lowest BCUT2D eigenvalue weighted by Crippen LogP contribution is -2.44. The van der Waals surface area contributed by atoms with Crippen LogP contribution in [0, 0.1) is 10.1 Å². The summed E-state index contributed by atoms with van der Waals surface area (Å²) in [6.45, 7) is 4.91. The number of aliphatic hydroxyl groups is 1. The quantitative estimate of drug-likeness (QED) is 0.306. The molecule has 138 valence electrons. The van der Waals surface area contributed by atoms with E-state index in [1.54, 1.807) is 19.1 Å². The molecule has 0 heterocycles. The van der Waals surface area contributed by atoms with Crippen molar-refractivity contribution in [2.75, 3.05) is 13.1 Å². The van der Waals surface area contributed by atoms with Gasteiger partial charge < -0.3 is 15.7 Å². The number of non-ortho nitro benzene ring substituents is 1. The molecule has 2 aromatic carbocycles. The van der Waals surface area contributed by atoms with Gasteiger partial charge in [0.05, 0.1) is 18.0 Å². The van der Waals surface area contributed by atoms with Crippen LogP contribution in [0.15, 0.2) is 59.6 Å². The fourth-order valence-electron chi connectivity index (χ4n) is 2.44. The van der Waals surface area contributed by atoms with Crippen molar-refractivity contribution in [2.24, 2.45) is 4.99 Å². The normalized spacial score (nSPS) is 13.7. The summed E-state index contributed by atoms with van der Waals surface area (Å²) in [5, 5.41) is 27.8. The van der Waals surface area contributed by atoms with Gasteiger partial charge in [-0.15, -0.1) is 0 Å². The first-order valence-electron chi connectivity index (χ1n) is 8.46. The van der Waals surface area contributed by atoms with Crippen LogP contribution in [0.5, 0.6) is 0 Å². The Bertz CT molecular complexity index is 760. The zero-order valence-corrected chi connectivity index (χ0v) is 15.0. The molecular formula is C19H24N4O3. The number of hydrogen-bond donors (Lipinski definition) is 3. The first kappa shape index (κ1) is 19.4. The summed E-state index contributed by atoms with van der Waals surface area (Å²) >= 11 is 0. The second kappa shape index (κ2) is 8.96. The van der Waals surface area contributed by atoms with E-state index in [0.717, 1.165) is 11.1 Å². The number of aliphatic imine (C=N–C) groups is 1. The maximum Gasteiger partial charge on any atom is 0.269 e. The summed E-state index contributed by atoms with van der Waals surface area (Å²) in [7, 11) is 0. The zero-order chi connectivity index (χ0) is 19.0. The van der Waals surface area contributed by atoms with Crippen LogP contribution >= 0.6 is 0 Å². The van der Waals surface area contributed by atoms with Gasteiger partial charge in [0.2, 0.25) is 0 Å². The topological polar surface area (TPSA) is 99.8 Å². The number of guanidine groups is 1. The lowest BCUT2D eigenvalue weighted by Gasteiger charge is -2.25. The first-order valence-corrected chi connectivity index (χ1v) is 8.46. The summed E-state index contributed by atoms with van der Waals surface area (Å²) in [6, 6.07) is 15.8. The van der Waals surface area contributed by atoms with E-state index in [1.165, 1.54) is 12.1 Å². The van der Waals surface area contributed by atoms with Crippen LogP contribution in [-0.4, -0.2) is 29.1 Å². The monoisotopic (exact) mass is 356 g/mol. The standard InChI is InChI=1S/C19H24N4O3/c1-3-20-18(21-13-15-8-7-11-17(12-15)23(25)26)22-14-19(2,24)16-9-5-4-6-10-16/h4-12,24H,3,13-14H2,1-2H3,(H2,20,21,22). The average Bonchev–Trinajstić information content (AvgIpc) is 2.65. The van der Waals surface area contributed by atoms with Gasteiger partial charge >= 0.3 is 0 Å². The highest BCUT2D eigenvalue weighted by molar-refractivity contribution is 5.79. The Labute approximate surface area is 152 Å². The van der Waals surface area contributed by atoms with Crippen molar-refractivity contribution in [3.8, 4) is 0 Å². The lowest BCUT2D eigenvalue weighted by molar-refractivity contribution is -0.384. The molecule has 0 aliphatic carbocycles. The maximum absolute atomic E-state index is 10.9. The number of nitrogens with one attached hydrogen (secondary N) is 2.